The lowest BCUT2D eigenvalue weighted by atomic mass is 10.1. The first kappa shape index (κ1) is 9.31. The fourth-order valence-corrected chi connectivity index (χ4v) is 1.22. The summed E-state index contributed by atoms with van der Waals surface area (Å²) in [5, 5.41) is 0. The van der Waals surface area contributed by atoms with Gasteiger partial charge in [0.2, 0.25) is 0 Å². The van der Waals surface area contributed by atoms with Crippen LogP contribution in [-0.2, 0) is 0 Å². The number of rotatable bonds is 0. The molecule has 0 atom stereocenters. The van der Waals surface area contributed by atoms with Crippen LogP contribution in [0.2, 0.25) is 0 Å². The van der Waals surface area contributed by atoms with Gasteiger partial charge in [0.1, 0.15) is 0 Å². The topological polar surface area (TPSA) is 0 Å². The molecule has 1 radical (unpaired) electrons. The van der Waals surface area contributed by atoms with Gasteiger partial charge in [-0.15, -0.1) is 0 Å². The van der Waals surface area contributed by atoms with Crippen LogP contribution in [0.4, 0.5) is 0 Å². The summed E-state index contributed by atoms with van der Waals surface area (Å²) < 4.78 is 0. The molecule has 0 bridgehead atoms. The fraction of sp³-hybridized carbons (Fsp3) is 0.500. The zero-order valence-corrected chi connectivity index (χ0v) is 7.63. The Kier molecular flexibility index (Phi) is 5.35. The average molecular weight is 161 g/mol. The van der Waals surface area contributed by atoms with E-state index in [-0.39, 0.29) is 0 Å². The van der Waals surface area contributed by atoms with E-state index in [1.165, 1.54) is 19.3 Å². The first-order chi connectivity index (χ1) is 6.00. The van der Waals surface area contributed by atoms with E-state index in [2.05, 4.69) is 36.5 Å². The van der Waals surface area contributed by atoms with Gasteiger partial charge in [0, 0.05) is 0 Å². The van der Waals surface area contributed by atoms with Gasteiger partial charge in [-0.2, -0.15) is 0 Å². The fourth-order valence-electron chi connectivity index (χ4n) is 1.22. The molecule has 0 heterocycles. The minimum Gasteiger partial charge on any atom is -0.0882 e. The number of hydrogen-bond donors (Lipinski definition) is 0. The molecule has 1 rings (SSSR count). The van der Waals surface area contributed by atoms with E-state index < -0.39 is 0 Å². The Morgan fingerprint density at radius 3 is 2.58 bits per heavy atom. The third-order valence-electron chi connectivity index (χ3n) is 1.92. The second-order valence-electron chi connectivity index (χ2n) is 3.06. The summed E-state index contributed by atoms with van der Waals surface area (Å²) in [5.74, 6) is 0. The smallest absolute Gasteiger partial charge is 0.0169 e. The standard InChI is InChI=1S/C12H17/c1-2-4-6-8-10-12-11-9-7-5-3-1/h1-2,5,7,10H,3-4,6,8-9,11H2/b2-1-,7-5-,12-10?. The van der Waals surface area contributed by atoms with Crippen LogP contribution < -0.4 is 0 Å². The van der Waals surface area contributed by atoms with E-state index in [1.807, 2.05) is 0 Å². The van der Waals surface area contributed by atoms with Gasteiger partial charge in [-0.25, -0.2) is 0 Å². The van der Waals surface area contributed by atoms with Crippen LogP contribution >= 0.6 is 0 Å². The molecule has 0 aromatic heterocycles. The van der Waals surface area contributed by atoms with Crippen molar-refractivity contribution in [1.29, 1.82) is 0 Å². The Hall–Kier alpha value is -0.780. The summed E-state index contributed by atoms with van der Waals surface area (Å²) in [5.41, 5.74) is 0. The van der Waals surface area contributed by atoms with Gasteiger partial charge in [0.05, 0.1) is 0 Å². The van der Waals surface area contributed by atoms with Gasteiger partial charge in [-0.1, -0.05) is 30.4 Å². The van der Waals surface area contributed by atoms with E-state index >= 15 is 0 Å². The van der Waals surface area contributed by atoms with Crippen molar-refractivity contribution < 1.29 is 0 Å². The van der Waals surface area contributed by atoms with Gasteiger partial charge < -0.3 is 0 Å². The van der Waals surface area contributed by atoms with Crippen LogP contribution in [0.15, 0.2) is 30.4 Å². The molecule has 0 fully saturated rings. The van der Waals surface area contributed by atoms with Crippen molar-refractivity contribution in [3.63, 3.8) is 0 Å². The lowest BCUT2D eigenvalue weighted by Gasteiger charge is -1.92. The van der Waals surface area contributed by atoms with Gasteiger partial charge >= 0.3 is 0 Å². The Balaban J connectivity index is 2.30. The molecule has 0 saturated heterocycles. The maximum Gasteiger partial charge on any atom is -0.0169 e. The molecule has 1 aliphatic carbocycles. The Labute approximate surface area is 75.7 Å². The third-order valence-corrected chi connectivity index (χ3v) is 1.92. The maximum absolute atomic E-state index is 3.30. The lowest BCUT2D eigenvalue weighted by molar-refractivity contribution is 0.855. The first-order valence-corrected chi connectivity index (χ1v) is 4.85. The molecular formula is C12H17. The SMILES string of the molecule is [C]1=C\CCC/C=C\C/C=C\CC/1. The quantitative estimate of drug-likeness (QED) is 0.474. The van der Waals surface area contributed by atoms with Gasteiger partial charge in [0.15, 0.2) is 0 Å². The van der Waals surface area contributed by atoms with Crippen molar-refractivity contribution in [2.24, 2.45) is 0 Å². The summed E-state index contributed by atoms with van der Waals surface area (Å²) in [6.07, 6.45) is 21.5. The second-order valence-corrected chi connectivity index (χ2v) is 3.06. The summed E-state index contributed by atoms with van der Waals surface area (Å²) in [4.78, 5) is 0. The van der Waals surface area contributed by atoms with E-state index in [0.717, 1.165) is 19.3 Å². The van der Waals surface area contributed by atoms with E-state index in [0.29, 0.717) is 0 Å². The Morgan fingerprint density at radius 2 is 1.67 bits per heavy atom. The molecular weight excluding hydrogens is 144 g/mol. The van der Waals surface area contributed by atoms with Crippen LogP contribution in [0.1, 0.15) is 38.5 Å². The first-order valence-electron chi connectivity index (χ1n) is 4.85. The van der Waals surface area contributed by atoms with E-state index in [1.54, 1.807) is 0 Å². The highest BCUT2D eigenvalue weighted by atomic mass is 13.9. The van der Waals surface area contributed by atoms with Crippen LogP contribution in [0.5, 0.6) is 0 Å². The number of hydrogen-bond acceptors (Lipinski definition) is 0. The van der Waals surface area contributed by atoms with Crippen molar-refractivity contribution in [2.45, 2.75) is 38.5 Å². The Morgan fingerprint density at radius 1 is 0.833 bits per heavy atom. The van der Waals surface area contributed by atoms with Crippen molar-refractivity contribution in [3.8, 4) is 0 Å². The molecule has 0 nitrogen and oxygen atoms in total. The highest BCUT2D eigenvalue weighted by Gasteiger charge is 1.83. The normalized spacial score (nSPS) is 28.0. The molecule has 0 aromatic rings. The van der Waals surface area contributed by atoms with Crippen molar-refractivity contribution >= 4 is 0 Å². The minimum absolute atomic E-state index is 1.08. The maximum atomic E-state index is 3.30. The van der Waals surface area contributed by atoms with Crippen LogP contribution in [0.3, 0.4) is 0 Å². The second kappa shape index (κ2) is 6.90. The molecule has 12 heavy (non-hydrogen) atoms. The molecule has 0 aromatic carbocycles. The molecule has 0 unspecified atom stereocenters. The molecule has 1 aliphatic rings. The van der Waals surface area contributed by atoms with Gasteiger partial charge in [-0.05, 0) is 44.6 Å². The highest BCUT2D eigenvalue weighted by molar-refractivity contribution is 4.94. The van der Waals surface area contributed by atoms with Crippen LogP contribution in [0, 0.1) is 6.08 Å². The minimum atomic E-state index is 1.08. The van der Waals surface area contributed by atoms with Crippen LogP contribution in [0.25, 0.3) is 0 Å². The summed E-state index contributed by atoms with van der Waals surface area (Å²) in [7, 11) is 0. The van der Waals surface area contributed by atoms with Crippen molar-refractivity contribution in [1.82, 2.24) is 0 Å². The van der Waals surface area contributed by atoms with Gasteiger partial charge in [-0.3, -0.25) is 0 Å². The molecule has 0 heteroatoms. The monoisotopic (exact) mass is 161 g/mol. The lowest BCUT2D eigenvalue weighted by Crippen LogP contribution is -1.73. The molecule has 0 amide bonds. The predicted molar refractivity (Wildman–Crippen MR) is 53.8 cm³/mol. The zero-order chi connectivity index (χ0) is 8.49. The average Bonchev–Trinajstić information content (AvgIpc) is 2.05. The summed E-state index contributed by atoms with van der Waals surface area (Å²) in [6.45, 7) is 0. The molecule has 0 N–H and O–H groups in total. The van der Waals surface area contributed by atoms with Gasteiger partial charge in [0.25, 0.3) is 0 Å². The van der Waals surface area contributed by atoms with Crippen molar-refractivity contribution in [3.05, 3.63) is 36.5 Å². The molecule has 0 aliphatic heterocycles. The molecule has 65 valence electrons. The van der Waals surface area contributed by atoms with E-state index in [9.17, 15) is 0 Å². The largest absolute Gasteiger partial charge is 0.0882 e. The summed E-state index contributed by atoms with van der Waals surface area (Å²) >= 11 is 0. The predicted octanol–water partition coefficient (Wildman–Crippen LogP) is 3.81. The zero-order valence-electron chi connectivity index (χ0n) is 7.63. The molecule has 0 spiro atoms. The number of allylic oxidation sites excluding steroid dienone is 6. The summed E-state index contributed by atoms with van der Waals surface area (Å²) in [6, 6.07) is 0. The van der Waals surface area contributed by atoms with Crippen LogP contribution in [-0.4, -0.2) is 0 Å². The van der Waals surface area contributed by atoms with Crippen molar-refractivity contribution in [2.75, 3.05) is 0 Å². The Bertz CT molecular complexity index is 172. The van der Waals surface area contributed by atoms with E-state index in [4.69, 9.17) is 0 Å². The molecule has 0 saturated carbocycles. The third kappa shape index (κ3) is 4.95. The highest BCUT2D eigenvalue weighted by Crippen LogP contribution is 2.02.